The number of benzene rings is 2. The highest BCUT2D eigenvalue weighted by Gasteiger charge is 2.42. The topological polar surface area (TPSA) is 96.0 Å². The lowest BCUT2D eigenvalue weighted by atomic mass is 9.99. The molecule has 9 heteroatoms. The Bertz CT molecular complexity index is 1160. The van der Waals surface area contributed by atoms with Gasteiger partial charge in [0.15, 0.2) is 6.61 Å². The number of nitrogens with zero attached hydrogens (tertiary/aromatic N) is 2. The number of carbonyl (C=O) groups is 2. The molecule has 162 valence electrons. The zero-order chi connectivity index (χ0) is 21.6. The average molecular weight is 442 g/mol. The van der Waals surface area contributed by atoms with E-state index >= 15 is 0 Å². The van der Waals surface area contributed by atoms with E-state index in [0.717, 1.165) is 12.0 Å². The van der Waals surface area contributed by atoms with Crippen LogP contribution >= 0.6 is 0 Å². The average Bonchev–Trinajstić information content (AvgIpc) is 3.28. The molecule has 0 radical (unpaired) electrons. The minimum Gasteiger partial charge on any atom is -0.482 e. The van der Waals surface area contributed by atoms with Crippen LogP contribution in [0, 0.1) is 0 Å². The van der Waals surface area contributed by atoms with E-state index in [-0.39, 0.29) is 23.3 Å². The minimum absolute atomic E-state index is 0.0424. The maximum absolute atomic E-state index is 13.4. The summed E-state index contributed by atoms with van der Waals surface area (Å²) in [5, 5.41) is 2.64. The first kappa shape index (κ1) is 20.0. The molecule has 1 unspecified atom stereocenters. The molecule has 1 atom stereocenters. The first-order chi connectivity index (χ1) is 14.9. The van der Waals surface area contributed by atoms with Crippen molar-refractivity contribution < 1.29 is 22.7 Å². The van der Waals surface area contributed by atoms with Crippen LogP contribution in [0.2, 0.25) is 0 Å². The van der Waals surface area contributed by atoms with E-state index in [1.807, 2.05) is 18.2 Å². The van der Waals surface area contributed by atoms with Crippen LogP contribution in [-0.2, 0) is 32.6 Å². The van der Waals surface area contributed by atoms with Crippen molar-refractivity contribution in [3.8, 4) is 5.75 Å². The summed E-state index contributed by atoms with van der Waals surface area (Å²) in [4.78, 5) is 26.7. The molecule has 2 aromatic rings. The molecule has 31 heavy (non-hydrogen) atoms. The molecule has 1 fully saturated rings. The Labute approximate surface area is 180 Å². The van der Waals surface area contributed by atoms with Gasteiger partial charge in [0.2, 0.25) is 15.9 Å². The third-order valence-electron chi connectivity index (χ3n) is 6.12. The Morgan fingerprint density at radius 2 is 1.90 bits per heavy atom. The summed E-state index contributed by atoms with van der Waals surface area (Å²) in [7, 11) is -3.90. The molecule has 0 saturated carbocycles. The maximum Gasteiger partial charge on any atom is 0.262 e. The molecule has 0 aliphatic carbocycles. The molecular formula is C22H23N3O5S. The highest BCUT2D eigenvalue weighted by Crippen LogP contribution is 2.34. The van der Waals surface area contributed by atoms with Gasteiger partial charge in [-0.3, -0.25) is 9.59 Å². The van der Waals surface area contributed by atoms with Crippen LogP contribution < -0.4 is 10.1 Å². The highest BCUT2D eigenvalue weighted by atomic mass is 32.2. The van der Waals surface area contributed by atoms with Gasteiger partial charge in [-0.05, 0) is 48.6 Å². The third kappa shape index (κ3) is 3.57. The number of sulfonamides is 1. The molecule has 0 bridgehead atoms. The van der Waals surface area contributed by atoms with Crippen LogP contribution in [0.3, 0.4) is 0 Å². The molecule has 0 aromatic heterocycles. The maximum atomic E-state index is 13.4. The van der Waals surface area contributed by atoms with E-state index in [4.69, 9.17) is 4.74 Å². The van der Waals surface area contributed by atoms with E-state index in [9.17, 15) is 18.0 Å². The lowest BCUT2D eigenvalue weighted by molar-refractivity contribution is -0.135. The van der Waals surface area contributed by atoms with E-state index in [1.165, 1.54) is 28.1 Å². The Morgan fingerprint density at radius 1 is 1.10 bits per heavy atom. The number of rotatable bonds is 3. The van der Waals surface area contributed by atoms with Gasteiger partial charge in [-0.1, -0.05) is 24.3 Å². The lowest BCUT2D eigenvalue weighted by Crippen LogP contribution is -2.49. The molecule has 3 heterocycles. The molecular weight excluding hydrogens is 418 g/mol. The fourth-order valence-electron chi connectivity index (χ4n) is 4.53. The zero-order valence-corrected chi connectivity index (χ0v) is 17.7. The van der Waals surface area contributed by atoms with Crippen molar-refractivity contribution >= 4 is 27.5 Å². The molecule has 8 nitrogen and oxygen atoms in total. The van der Waals surface area contributed by atoms with Gasteiger partial charge >= 0.3 is 0 Å². The molecule has 1 N–H and O–H groups in total. The summed E-state index contributed by atoms with van der Waals surface area (Å²) in [6.45, 7) is 1.29. The molecule has 3 aliphatic heterocycles. The Kier molecular flexibility index (Phi) is 4.94. The molecule has 0 spiro atoms. The van der Waals surface area contributed by atoms with Crippen LogP contribution in [0.15, 0.2) is 47.4 Å². The minimum atomic E-state index is -3.90. The molecule has 2 aromatic carbocycles. The van der Waals surface area contributed by atoms with Crippen molar-refractivity contribution in [2.75, 3.05) is 25.0 Å². The van der Waals surface area contributed by atoms with Crippen molar-refractivity contribution in [2.45, 2.75) is 36.7 Å². The molecule has 3 aliphatic rings. The van der Waals surface area contributed by atoms with Gasteiger partial charge in [0.1, 0.15) is 11.8 Å². The third-order valence-corrected chi connectivity index (χ3v) is 8.03. The number of hydrogen-bond acceptors (Lipinski definition) is 5. The number of amides is 2. The van der Waals surface area contributed by atoms with Crippen molar-refractivity contribution in [2.24, 2.45) is 0 Å². The fraction of sp³-hybridized carbons (Fsp3) is 0.364. The molecule has 2 amide bonds. The zero-order valence-electron chi connectivity index (χ0n) is 16.9. The van der Waals surface area contributed by atoms with E-state index < -0.39 is 16.1 Å². The summed E-state index contributed by atoms with van der Waals surface area (Å²) in [5.74, 6) is -0.0496. The van der Waals surface area contributed by atoms with Crippen LogP contribution in [-0.4, -0.2) is 55.2 Å². The van der Waals surface area contributed by atoms with Gasteiger partial charge in [-0.15, -0.1) is 0 Å². The van der Waals surface area contributed by atoms with Gasteiger partial charge < -0.3 is 15.0 Å². The normalized spacial score (nSPS) is 21.1. The Hall–Kier alpha value is -2.91. The number of carbonyl (C=O) groups excluding carboxylic acids is 2. The largest absolute Gasteiger partial charge is 0.482 e. The fourth-order valence-corrected chi connectivity index (χ4v) is 6.20. The lowest BCUT2D eigenvalue weighted by Gasteiger charge is -2.33. The van der Waals surface area contributed by atoms with E-state index in [2.05, 4.69) is 11.4 Å². The van der Waals surface area contributed by atoms with Crippen molar-refractivity contribution in [3.05, 3.63) is 53.6 Å². The van der Waals surface area contributed by atoms with Crippen LogP contribution in [0.5, 0.6) is 5.75 Å². The second-order valence-electron chi connectivity index (χ2n) is 8.05. The number of hydrogen-bond donors (Lipinski definition) is 1. The second-order valence-corrected chi connectivity index (χ2v) is 9.94. The Balaban J connectivity index is 1.39. The SMILES string of the molecule is O=C1COc2ccc(S(=O)(=O)N3CCCC3C(=O)N3CCc4ccccc4C3)cc2N1. The standard InChI is InChI=1S/C22H23N3O5S/c26-21-14-30-20-8-7-17(12-18(20)23-21)31(28,29)25-10-3-6-19(25)22(27)24-11-9-15-4-1-2-5-16(15)13-24/h1-2,4-5,7-8,12,19H,3,6,9-11,13-14H2,(H,23,26). The number of nitrogens with one attached hydrogen (secondary N) is 1. The quantitative estimate of drug-likeness (QED) is 0.783. The summed E-state index contributed by atoms with van der Waals surface area (Å²) in [6.07, 6.45) is 1.90. The summed E-state index contributed by atoms with van der Waals surface area (Å²) >= 11 is 0. The molecule has 5 rings (SSSR count). The predicted molar refractivity (Wildman–Crippen MR) is 113 cm³/mol. The van der Waals surface area contributed by atoms with Crippen LogP contribution in [0.4, 0.5) is 5.69 Å². The summed E-state index contributed by atoms with van der Waals surface area (Å²) in [6, 6.07) is 11.7. The van der Waals surface area contributed by atoms with Gasteiger partial charge in [-0.2, -0.15) is 4.31 Å². The number of anilines is 1. The van der Waals surface area contributed by atoms with Crippen LogP contribution in [0.1, 0.15) is 24.0 Å². The van der Waals surface area contributed by atoms with Crippen LogP contribution in [0.25, 0.3) is 0 Å². The Morgan fingerprint density at radius 3 is 2.74 bits per heavy atom. The van der Waals surface area contributed by atoms with Crippen molar-refractivity contribution in [1.29, 1.82) is 0 Å². The monoisotopic (exact) mass is 441 g/mol. The summed E-state index contributed by atoms with van der Waals surface area (Å²) < 4.78 is 33.4. The molecule has 1 saturated heterocycles. The van der Waals surface area contributed by atoms with Gasteiger partial charge in [0.25, 0.3) is 5.91 Å². The number of fused-ring (bicyclic) bond motifs is 2. The van der Waals surface area contributed by atoms with E-state index in [1.54, 1.807) is 4.90 Å². The first-order valence-corrected chi connectivity index (χ1v) is 11.8. The van der Waals surface area contributed by atoms with E-state index in [0.29, 0.717) is 43.9 Å². The summed E-state index contributed by atoms with van der Waals surface area (Å²) in [5.41, 5.74) is 2.67. The van der Waals surface area contributed by atoms with Gasteiger partial charge in [0.05, 0.1) is 10.6 Å². The van der Waals surface area contributed by atoms with Crippen molar-refractivity contribution in [1.82, 2.24) is 9.21 Å². The first-order valence-electron chi connectivity index (χ1n) is 10.4. The van der Waals surface area contributed by atoms with Gasteiger partial charge in [-0.25, -0.2) is 8.42 Å². The highest BCUT2D eigenvalue weighted by molar-refractivity contribution is 7.89. The predicted octanol–water partition coefficient (Wildman–Crippen LogP) is 1.76. The van der Waals surface area contributed by atoms with Crippen molar-refractivity contribution in [3.63, 3.8) is 0 Å². The second kappa shape index (κ2) is 7.65. The smallest absolute Gasteiger partial charge is 0.262 e. The number of ether oxygens (including phenoxy) is 1. The van der Waals surface area contributed by atoms with Gasteiger partial charge in [0, 0.05) is 19.6 Å².